The SMILES string of the molecule is Cc1nc(-c2ccc(F)cc2F)c(Br)[nH]1. The monoisotopic (exact) mass is 272 g/mol. The zero-order valence-corrected chi connectivity index (χ0v) is 9.40. The zero-order chi connectivity index (χ0) is 11.0. The van der Waals surface area contributed by atoms with Crippen LogP contribution in [0.25, 0.3) is 11.3 Å². The molecule has 1 aromatic heterocycles. The van der Waals surface area contributed by atoms with Gasteiger partial charge in [-0.1, -0.05) is 0 Å². The summed E-state index contributed by atoms with van der Waals surface area (Å²) in [6, 6.07) is 3.41. The first kappa shape index (κ1) is 10.3. The zero-order valence-electron chi connectivity index (χ0n) is 7.81. The minimum absolute atomic E-state index is 0.271. The molecule has 78 valence electrons. The Morgan fingerprint density at radius 2 is 2.07 bits per heavy atom. The molecule has 5 heteroatoms. The number of benzene rings is 1. The summed E-state index contributed by atoms with van der Waals surface area (Å²) >= 11 is 3.23. The van der Waals surface area contributed by atoms with Gasteiger partial charge in [-0.25, -0.2) is 13.8 Å². The number of hydrogen-bond donors (Lipinski definition) is 1. The van der Waals surface area contributed by atoms with Crippen LogP contribution in [0.5, 0.6) is 0 Å². The van der Waals surface area contributed by atoms with E-state index in [0.717, 1.165) is 6.07 Å². The van der Waals surface area contributed by atoms with Crippen molar-refractivity contribution in [3.8, 4) is 11.3 Å². The topological polar surface area (TPSA) is 28.7 Å². The second-order valence-corrected chi connectivity index (χ2v) is 3.90. The fourth-order valence-corrected chi connectivity index (χ4v) is 1.91. The van der Waals surface area contributed by atoms with Gasteiger partial charge in [-0.2, -0.15) is 0 Å². The Balaban J connectivity index is 2.59. The molecule has 2 nitrogen and oxygen atoms in total. The number of aryl methyl sites for hydroxylation is 1. The molecule has 0 unspecified atom stereocenters. The van der Waals surface area contributed by atoms with Crippen LogP contribution in [0.2, 0.25) is 0 Å². The van der Waals surface area contributed by atoms with E-state index in [4.69, 9.17) is 0 Å². The standard InChI is InChI=1S/C10H7BrF2N2/c1-5-14-9(10(11)15-5)7-3-2-6(12)4-8(7)13/h2-4H,1H3,(H,14,15). The molecule has 0 aliphatic rings. The van der Waals surface area contributed by atoms with Crippen LogP contribution >= 0.6 is 15.9 Å². The summed E-state index contributed by atoms with van der Waals surface area (Å²) in [5, 5.41) is 0. The molecule has 0 spiro atoms. The molecule has 0 radical (unpaired) electrons. The summed E-state index contributed by atoms with van der Waals surface area (Å²) in [6.45, 7) is 1.76. The van der Waals surface area contributed by atoms with Gasteiger partial charge in [0.2, 0.25) is 0 Å². The highest BCUT2D eigenvalue weighted by Gasteiger charge is 2.13. The lowest BCUT2D eigenvalue weighted by atomic mass is 10.1. The number of rotatable bonds is 1. The summed E-state index contributed by atoms with van der Waals surface area (Å²) in [4.78, 5) is 7.00. The Hall–Kier alpha value is -1.23. The number of aromatic nitrogens is 2. The number of aromatic amines is 1. The predicted molar refractivity (Wildman–Crippen MR) is 56.4 cm³/mol. The molecule has 0 amide bonds. The number of H-pyrrole nitrogens is 1. The van der Waals surface area contributed by atoms with Crippen LogP contribution in [0, 0.1) is 18.6 Å². The van der Waals surface area contributed by atoms with Gasteiger partial charge in [0.1, 0.15) is 27.8 Å². The van der Waals surface area contributed by atoms with E-state index in [1.807, 2.05) is 0 Å². The van der Waals surface area contributed by atoms with Crippen LogP contribution in [-0.2, 0) is 0 Å². The second kappa shape index (κ2) is 3.73. The molecule has 0 bridgehead atoms. The van der Waals surface area contributed by atoms with E-state index >= 15 is 0 Å². The van der Waals surface area contributed by atoms with Crippen molar-refractivity contribution >= 4 is 15.9 Å². The van der Waals surface area contributed by atoms with Gasteiger partial charge in [0.15, 0.2) is 0 Å². The third-order valence-electron chi connectivity index (χ3n) is 1.96. The highest BCUT2D eigenvalue weighted by atomic mass is 79.9. The van der Waals surface area contributed by atoms with Crippen molar-refractivity contribution in [3.05, 3.63) is 40.3 Å². The van der Waals surface area contributed by atoms with E-state index in [1.165, 1.54) is 12.1 Å². The number of hydrogen-bond acceptors (Lipinski definition) is 1. The van der Waals surface area contributed by atoms with Gasteiger partial charge < -0.3 is 4.98 Å². The van der Waals surface area contributed by atoms with Crippen molar-refractivity contribution in [2.24, 2.45) is 0 Å². The normalized spacial score (nSPS) is 10.7. The maximum atomic E-state index is 13.4. The van der Waals surface area contributed by atoms with Crippen molar-refractivity contribution in [2.45, 2.75) is 6.92 Å². The van der Waals surface area contributed by atoms with Crippen molar-refractivity contribution in [1.29, 1.82) is 0 Å². The Morgan fingerprint density at radius 3 is 2.60 bits per heavy atom. The smallest absolute Gasteiger partial charge is 0.135 e. The van der Waals surface area contributed by atoms with E-state index in [1.54, 1.807) is 6.92 Å². The van der Waals surface area contributed by atoms with E-state index < -0.39 is 11.6 Å². The molecule has 1 N–H and O–H groups in total. The molecule has 1 aromatic carbocycles. The molecular weight excluding hydrogens is 266 g/mol. The van der Waals surface area contributed by atoms with Gasteiger partial charge in [0.05, 0.1) is 0 Å². The Morgan fingerprint density at radius 1 is 1.33 bits per heavy atom. The summed E-state index contributed by atoms with van der Waals surface area (Å²) in [7, 11) is 0. The van der Waals surface area contributed by atoms with Crippen LogP contribution in [0.1, 0.15) is 5.82 Å². The van der Waals surface area contributed by atoms with Crippen molar-refractivity contribution in [1.82, 2.24) is 9.97 Å². The van der Waals surface area contributed by atoms with E-state index in [9.17, 15) is 8.78 Å². The molecule has 0 atom stereocenters. The molecule has 0 aliphatic heterocycles. The van der Waals surface area contributed by atoms with Crippen molar-refractivity contribution in [3.63, 3.8) is 0 Å². The molecule has 2 rings (SSSR count). The molecule has 15 heavy (non-hydrogen) atoms. The summed E-state index contributed by atoms with van der Waals surface area (Å²) in [5.41, 5.74) is 0.720. The van der Waals surface area contributed by atoms with Crippen molar-refractivity contribution < 1.29 is 8.78 Å². The summed E-state index contributed by atoms with van der Waals surface area (Å²) in [5.74, 6) is -0.553. The lowest BCUT2D eigenvalue weighted by Crippen LogP contribution is -1.87. The fraction of sp³-hybridized carbons (Fsp3) is 0.100. The third kappa shape index (κ3) is 1.92. The van der Waals surface area contributed by atoms with Gasteiger partial charge in [0.25, 0.3) is 0 Å². The molecule has 0 fully saturated rings. The lowest BCUT2D eigenvalue weighted by molar-refractivity contribution is 0.585. The minimum Gasteiger partial charge on any atom is -0.336 e. The highest BCUT2D eigenvalue weighted by molar-refractivity contribution is 9.10. The van der Waals surface area contributed by atoms with E-state index in [-0.39, 0.29) is 5.56 Å². The lowest BCUT2D eigenvalue weighted by Gasteiger charge is -1.99. The van der Waals surface area contributed by atoms with Gasteiger partial charge in [-0.15, -0.1) is 0 Å². The van der Waals surface area contributed by atoms with Gasteiger partial charge in [0, 0.05) is 11.6 Å². The van der Waals surface area contributed by atoms with E-state index in [2.05, 4.69) is 25.9 Å². The van der Waals surface area contributed by atoms with Gasteiger partial charge in [-0.3, -0.25) is 0 Å². The van der Waals surface area contributed by atoms with Gasteiger partial charge in [-0.05, 0) is 35.0 Å². The minimum atomic E-state index is -0.623. The largest absolute Gasteiger partial charge is 0.336 e. The molecule has 1 heterocycles. The number of halogens is 3. The maximum absolute atomic E-state index is 13.4. The molecular formula is C10H7BrF2N2. The third-order valence-corrected chi connectivity index (χ3v) is 2.54. The summed E-state index contributed by atoms with van der Waals surface area (Å²) < 4.78 is 26.7. The maximum Gasteiger partial charge on any atom is 0.135 e. The predicted octanol–water partition coefficient (Wildman–Crippen LogP) is 3.43. The van der Waals surface area contributed by atoms with Crippen molar-refractivity contribution in [2.75, 3.05) is 0 Å². The van der Waals surface area contributed by atoms with Gasteiger partial charge >= 0.3 is 0 Å². The Kier molecular flexibility index (Phi) is 2.56. The van der Waals surface area contributed by atoms with Crippen LogP contribution < -0.4 is 0 Å². The Bertz CT molecular complexity index is 508. The quantitative estimate of drug-likeness (QED) is 0.847. The average molecular weight is 273 g/mol. The van der Waals surface area contributed by atoms with Crippen LogP contribution in [-0.4, -0.2) is 9.97 Å². The molecule has 0 saturated heterocycles. The first-order valence-corrected chi connectivity index (χ1v) is 5.05. The molecule has 0 saturated carbocycles. The Labute approximate surface area is 93.5 Å². The first-order valence-electron chi connectivity index (χ1n) is 4.25. The molecule has 2 aromatic rings. The molecule has 0 aliphatic carbocycles. The van der Waals surface area contributed by atoms with Crippen LogP contribution in [0.15, 0.2) is 22.8 Å². The highest BCUT2D eigenvalue weighted by Crippen LogP contribution is 2.28. The number of nitrogens with zero attached hydrogens (tertiary/aromatic N) is 1. The fourth-order valence-electron chi connectivity index (χ4n) is 1.32. The number of nitrogens with one attached hydrogen (secondary N) is 1. The second-order valence-electron chi connectivity index (χ2n) is 3.11. The average Bonchev–Trinajstić information content (AvgIpc) is 2.45. The van der Waals surface area contributed by atoms with Crippen LogP contribution in [0.4, 0.5) is 8.78 Å². The number of imidazole rings is 1. The van der Waals surface area contributed by atoms with Crippen LogP contribution in [0.3, 0.4) is 0 Å². The first-order chi connectivity index (χ1) is 7.08. The van der Waals surface area contributed by atoms with E-state index in [0.29, 0.717) is 16.1 Å². The summed E-state index contributed by atoms with van der Waals surface area (Å²) in [6.07, 6.45) is 0.